The average Bonchev–Trinajstić information content (AvgIpc) is 3.33. The number of hydrogen-bond donors (Lipinski definition) is 1. The largest absolute Gasteiger partial charge is 0.348 e. The first kappa shape index (κ1) is 21.7. The lowest BCUT2D eigenvalue weighted by Gasteiger charge is -2.36. The molecule has 11 heteroatoms. The van der Waals surface area contributed by atoms with Crippen LogP contribution in [-0.4, -0.2) is 49.4 Å². The molecule has 3 aromatic rings. The second-order valence-electron chi connectivity index (χ2n) is 9.43. The Morgan fingerprint density at radius 2 is 2.03 bits per heavy atom. The number of nitriles is 1. The van der Waals surface area contributed by atoms with Gasteiger partial charge in [-0.3, -0.25) is 14.5 Å². The van der Waals surface area contributed by atoms with Crippen LogP contribution in [0.1, 0.15) is 52.4 Å². The molecule has 1 aliphatic heterocycles. The third-order valence-electron chi connectivity index (χ3n) is 7.02. The summed E-state index contributed by atoms with van der Waals surface area (Å²) in [5, 5.41) is 20.9. The fourth-order valence-corrected chi connectivity index (χ4v) is 5.10. The van der Waals surface area contributed by atoms with Crippen LogP contribution in [0.2, 0.25) is 5.02 Å². The monoisotopic (exact) mass is 488 g/mol. The molecule has 176 valence electrons. The van der Waals surface area contributed by atoms with Gasteiger partial charge >= 0.3 is 0 Å². The van der Waals surface area contributed by atoms with E-state index in [0.717, 1.165) is 30.4 Å². The quantitative estimate of drug-likeness (QED) is 0.563. The maximum absolute atomic E-state index is 12.6. The van der Waals surface area contributed by atoms with E-state index in [1.165, 1.54) is 0 Å². The van der Waals surface area contributed by atoms with Crippen LogP contribution in [0.4, 0.5) is 5.95 Å². The molecule has 1 aromatic carbocycles. The van der Waals surface area contributed by atoms with Crippen LogP contribution < -0.4 is 10.2 Å². The van der Waals surface area contributed by atoms with Crippen LogP contribution in [0.15, 0.2) is 36.8 Å². The fourth-order valence-electron chi connectivity index (χ4n) is 4.91. The van der Waals surface area contributed by atoms with Gasteiger partial charge in [0.2, 0.25) is 11.9 Å². The molecule has 2 amide bonds. The number of nitrogens with zero attached hydrogens (tertiary/aromatic N) is 7. The maximum Gasteiger partial charge on any atom is 0.273 e. The van der Waals surface area contributed by atoms with Gasteiger partial charge in [0.15, 0.2) is 5.69 Å². The van der Waals surface area contributed by atoms with Crippen molar-refractivity contribution in [3.8, 4) is 6.07 Å². The molecule has 1 N–H and O–H groups in total. The Morgan fingerprint density at radius 3 is 2.74 bits per heavy atom. The van der Waals surface area contributed by atoms with Crippen LogP contribution in [0.5, 0.6) is 0 Å². The SMILES string of the molecule is N#Cc1ccc(Cl)cc1C1CC(NC(=O)c2cn(Cc3cnc(N4C[C@H]5C[C@H]5C4=O)nc3)nn2)C1. The van der Waals surface area contributed by atoms with Crippen molar-refractivity contribution in [3.63, 3.8) is 0 Å². The predicted octanol–water partition coefficient (Wildman–Crippen LogP) is 2.30. The summed E-state index contributed by atoms with van der Waals surface area (Å²) in [6, 6.07) is 7.48. The lowest BCUT2D eigenvalue weighted by atomic mass is 9.74. The highest BCUT2D eigenvalue weighted by Crippen LogP contribution is 2.46. The molecule has 2 aliphatic carbocycles. The molecule has 10 nitrogen and oxygen atoms in total. The third-order valence-corrected chi connectivity index (χ3v) is 7.25. The van der Waals surface area contributed by atoms with Crippen molar-refractivity contribution in [1.82, 2.24) is 30.3 Å². The van der Waals surface area contributed by atoms with Gasteiger partial charge in [-0.2, -0.15) is 5.26 Å². The predicted molar refractivity (Wildman–Crippen MR) is 125 cm³/mol. The first-order valence-electron chi connectivity index (χ1n) is 11.5. The van der Waals surface area contributed by atoms with Gasteiger partial charge in [-0.15, -0.1) is 5.10 Å². The molecule has 0 unspecified atom stereocenters. The minimum atomic E-state index is -0.288. The molecule has 0 radical (unpaired) electrons. The average molecular weight is 489 g/mol. The molecule has 2 aromatic heterocycles. The Bertz CT molecular complexity index is 1360. The number of hydrogen-bond acceptors (Lipinski definition) is 7. The summed E-state index contributed by atoms with van der Waals surface area (Å²) in [6.45, 7) is 1.06. The molecule has 3 fully saturated rings. The van der Waals surface area contributed by atoms with E-state index in [4.69, 9.17) is 11.6 Å². The van der Waals surface area contributed by atoms with Crippen molar-refractivity contribution in [3.05, 3.63) is 64.2 Å². The number of nitrogens with one attached hydrogen (secondary N) is 1. The highest BCUT2D eigenvalue weighted by atomic mass is 35.5. The third kappa shape index (κ3) is 4.12. The van der Waals surface area contributed by atoms with Crippen molar-refractivity contribution in [2.24, 2.45) is 11.8 Å². The standard InChI is InChI=1S/C24H21ClN8O2/c25-17-2-1-14(7-26)19(6-17)15-3-18(4-15)29-22(34)21-12-32(31-30-21)10-13-8-27-24(28-9-13)33-11-16-5-20(16)23(33)35/h1-2,6,8-9,12,15-16,18,20H,3-5,10-11H2,(H,29,34)/t15?,16-,18?,20-/m1/s1. The lowest BCUT2D eigenvalue weighted by Crippen LogP contribution is -2.43. The zero-order valence-corrected chi connectivity index (χ0v) is 19.4. The van der Waals surface area contributed by atoms with Gasteiger partial charge < -0.3 is 5.32 Å². The fraction of sp³-hybridized carbons (Fsp3) is 0.375. The normalized spacial score (nSPS) is 24.5. The highest BCUT2D eigenvalue weighted by Gasteiger charge is 2.53. The Balaban J connectivity index is 1.03. The Morgan fingerprint density at radius 1 is 1.23 bits per heavy atom. The highest BCUT2D eigenvalue weighted by molar-refractivity contribution is 6.30. The van der Waals surface area contributed by atoms with Crippen molar-refractivity contribution in [2.45, 2.75) is 37.8 Å². The first-order valence-corrected chi connectivity index (χ1v) is 11.9. The summed E-state index contributed by atoms with van der Waals surface area (Å²) < 4.78 is 1.55. The number of piperidine rings is 1. The molecule has 1 saturated heterocycles. The number of halogens is 1. The molecule has 35 heavy (non-hydrogen) atoms. The Hall–Kier alpha value is -3.84. The molecule has 2 atom stereocenters. The Labute approximate surface area is 205 Å². The summed E-state index contributed by atoms with van der Waals surface area (Å²) in [5.41, 5.74) is 2.57. The zero-order valence-electron chi connectivity index (χ0n) is 18.6. The van der Waals surface area contributed by atoms with Crippen LogP contribution in [0, 0.1) is 23.2 Å². The van der Waals surface area contributed by atoms with Gasteiger partial charge in [0.05, 0.1) is 24.4 Å². The number of anilines is 1. The number of carbonyl (C=O) groups is 2. The van der Waals surface area contributed by atoms with E-state index in [2.05, 4.69) is 31.7 Å². The van der Waals surface area contributed by atoms with E-state index in [0.29, 0.717) is 35.5 Å². The first-order chi connectivity index (χ1) is 17.0. The van der Waals surface area contributed by atoms with Gasteiger partial charge in [0.1, 0.15) is 0 Å². The molecular formula is C24H21ClN8O2. The van der Waals surface area contributed by atoms with E-state index in [9.17, 15) is 14.9 Å². The maximum atomic E-state index is 12.6. The summed E-state index contributed by atoms with van der Waals surface area (Å²) in [4.78, 5) is 35.1. The van der Waals surface area contributed by atoms with E-state index in [1.54, 1.807) is 40.3 Å². The minimum absolute atomic E-state index is 0.00320. The molecule has 2 saturated carbocycles. The summed E-state index contributed by atoms with van der Waals surface area (Å²) in [5.74, 6) is 1.07. The van der Waals surface area contributed by atoms with Crippen LogP contribution in [0.3, 0.4) is 0 Å². The molecule has 0 spiro atoms. The van der Waals surface area contributed by atoms with Gasteiger partial charge in [-0.1, -0.05) is 16.8 Å². The molecular weight excluding hydrogens is 468 g/mol. The van der Waals surface area contributed by atoms with Crippen molar-refractivity contribution < 1.29 is 9.59 Å². The number of benzene rings is 1. The second-order valence-corrected chi connectivity index (χ2v) is 9.86. The van der Waals surface area contributed by atoms with Crippen molar-refractivity contribution in [2.75, 3.05) is 11.4 Å². The molecule has 6 rings (SSSR count). The van der Waals surface area contributed by atoms with Crippen LogP contribution in [0.25, 0.3) is 0 Å². The summed E-state index contributed by atoms with van der Waals surface area (Å²) >= 11 is 6.09. The molecule has 0 bridgehead atoms. The number of rotatable bonds is 6. The van der Waals surface area contributed by atoms with Gasteiger partial charge in [-0.05, 0) is 54.9 Å². The minimum Gasteiger partial charge on any atom is -0.348 e. The van der Waals surface area contributed by atoms with E-state index < -0.39 is 0 Å². The summed E-state index contributed by atoms with van der Waals surface area (Å²) in [6.07, 6.45) is 7.38. The lowest BCUT2D eigenvalue weighted by molar-refractivity contribution is -0.118. The number of carbonyl (C=O) groups excluding carboxylic acids is 2. The second kappa shape index (κ2) is 8.43. The van der Waals surface area contributed by atoms with Gasteiger partial charge in [0, 0.05) is 41.5 Å². The van der Waals surface area contributed by atoms with Crippen molar-refractivity contribution >= 4 is 29.4 Å². The van der Waals surface area contributed by atoms with E-state index in [1.807, 2.05) is 6.07 Å². The summed E-state index contributed by atoms with van der Waals surface area (Å²) in [7, 11) is 0. The van der Waals surface area contributed by atoms with E-state index in [-0.39, 0.29) is 35.4 Å². The van der Waals surface area contributed by atoms with Crippen LogP contribution in [-0.2, 0) is 11.3 Å². The van der Waals surface area contributed by atoms with Gasteiger partial charge in [-0.25, -0.2) is 14.6 Å². The van der Waals surface area contributed by atoms with E-state index >= 15 is 0 Å². The van der Waals surface area contributed by atoms with Gasteiger partial charge in [0.25, 0.3) is 5.91 Å². The number of aromatic nitrogens is 5. The topological polar surface area (TPSA) is 130 Å². The zero-order chi connectivity index (χ0) is 24.1. The Kier molecular flexibility index (Phi) is 5.22. The molecule has 3 aliphatic rings. The van der Waals surface area contributed by atoms with Crippen molar-refractivity contribution in [1.29, 1.82) is 5.26 Å². The number of fused-ring (bicyclic) bond motifs is 1. The number of amides is 2. The molecule has 3 heterocycles. The smallest absolute Gasteiger partial charge is 0.273 e. The van der Waals surface area contributed by atoms with Crippen LogP contribution >= 0.6 is 11.6 Å².